The molecule has 3 aliphatic rings. The average molecular weight is 902 g/mol. The molecule has 14 rings (SSSR count). The van der Waals surface area contributed by atoms with Crippen LogP contribution in [0.2, 0.25) is 0 Å². The Labute approximate surface area is 405 Å². The third kappa shape index (κ3) is 6.22. The zero-order valence-corrected chi connectivity index (χ0v) is 39.4. The van der Waals surface area contributed by atoms with Crippen molar-refractivity contribution >= 4 is 88.4 Å². The van der Waals surface area contributed by atoms with Gasteiger partial charge in [-0.15, -0.1) is 11.3 Å². The van der Waals surface area contributed by atoms with Crippen LogP contribution in [-0.2, 0) is 5.41 Å². The fourth-order valence-corrected chi connectivity index (χ4v) is 12.7. The normalized spacial score (nSPS) is 14.9. The van der Waals surface area contributed by atoms with Crippen molar-refractivity contribution in [3.05, 3.63) is 228 Å². The standard InChI is InChI=1S/C65H47N3S/c1-65(2)56-24-14-15-25-60(56)67(46-18-8-4-9-19-46)61-37-30-45(40-57(61)65)44-29-36-59-55(39-44)53-34-35-58-63(69-64(66-58)42-16-6-3-7-17-42)62(53)68(59)47-31-26-41(27-32-47)43-28-33-52-50-23-13-12-22-48(50)49-20-10-5-11-21-51(49)54(52)38-43/h3,6-8,10-40H,4-5,9H2,1-2H3. The first-order valence-electron chi connectivity index (χ1n) is 24.2. The lowest BCUT2D eigenvalue weighted by Crippen LogP contribution is -2.32. The Morgan fingerprint density at radius 2 is 1.16 bits per heavy atom. The van der Waals surface area contributed by atoms with Crippen LogP contribution in [0.15, 0.2) is 206 Å². The van der Waals surface area contributed by atoms with E-state index in [1.165, 1.54) is 110 Å². The summed E-state index contributed by atoms with van der Waals surface area (Å²) >= 11 is 1.78. The maximum atomic E-state index is 5.23. The second kappa shape index (κ2) is 15.5. The van der Waals surface area contributed by atoms with Crippen molar-refractivity contribution in [2.24, 2.45) is 0 Å². The van der Waals surface area contributed by atoms with Crippen molar-refractivity contribution in [1.29, 1.82) is 0 Å². The lowest BCUT2D eigenvalue weighted by atomic mass is 9.72. The number of benzene rings is 9. The number of hydrogen-bond acceptors (Lipinski definition) is 3. The van der Waals surface area contributed by atoms with E-state index in [0.717, 1.165) is 41.0 Å². The summed E-state index contributed by atoms with van der Waals surface area (Å²) in [6, 6.07) is 63.4. The summed E-state index contributed by atoms with van der Waals surface area (Å²) in [4.78, 5) is 7.71. The van der Waals surface area contributed by atoms with Crippen LogP contribution in [0, 0.1) is 0 Å². The molecule has 0 N–H and O–H groups in total. The van der Waals surface area contributed by atoms with Gasteiger partial charge in [0.1, 0.15) is 5.01 Å². The minimum absolute atomic E-state index is 0.188. The Morgan fingerprint density at radius 1 is 0.493 bits per heavy atom. The zero-order chi connectivity index (χ0) is 45.8. The van der Waals surface area contributed by atoms with Gasteiger partial charge >= 0.3 is 0 Å². The molecule has 11 aromatic rings. The van der Waals surface area contributed by atoms with E-state index in [9.17, 15) is 0 Å². The maximum Gasteiger partial charge on any atom is 0.124 e. The number of aromatic nitrogens is 2. The van der Waals surface area contributed by atoms with Crippen LogP contribution in [0.4, 0.5) is 11.4 Å². The Hall–Kier alpha value is -8.05. The quantitative estimate of drug-likeness (QED) is 0.161. The third-order valence-corrected chi connectivity index (χ3v) is 16.1. The summed E-state index contributed by atoms with van der Waals surface area (Å²) in [5.74, 6) is 0. The van der Waals surface area contributed by atoms with Crippen molar-refractivity contribution in [2.45, 2.75) is 38.5 Å². The van der Waals surface area contributed by atoms with Crippen LogP contribution < -0.4 is 4.90 Å². The number of thiazole rings is 1. The minimum Gasteiger partial charge on any atom is -0.310 e. The first kappa shape index (κ1) is 40.1. The Balaban J connectivity index is 0.926. The summed E-state index contributed by atoms with van der Waals surface area (Å²) in [6.45, 7) is 4.77. The van der Waals surface area contributed by atoms with Crippen molar-refractivity contribution < 1.29 is 0 Å². The molecule has 0 radical (unpaired) electrons. The van der Waals surface area contributed by atoms with E-state index in [-0.39, 0.29) is 5.41 Å². The van der Waals surface area contributed by atoms with Gasteiger partial charge in [-0.3, -0.25) is 0 Å². The Bertz CT molecular complexity index is 4060. The molecule has 0 atom stereocenters. The molecule has 0 fully saturated rings. The van der Waals surface area contributed by atoms with Gasteiger partial charge in [-0.25, -0.2) is 4.98 Å². The molecule has 2 aliphatic carbocycles. The second-order valence-corrected chi connectivity index (χ2v) is 20.3. The first-order chi connectivity index (χ1) is 34.0. The molecule has 0 bridgehead atoms. The molecule has 3 nitrogen and oxygen atoms in total. The summed E-state index contributed by atoms with van der Waals surface area (Å²) < 4.78 is 3.67. The Kier molecular flexibility index (Phi) is 9.00. The topological polar surface area (TPSA) is 21.1 Å². The number of fused-ring (bicyclic) bond motifs is 13. The lowest BCUT2D eigenvalue weighted by Gasteiger charge is -2.43. The number of rotatable bonds is 5. The van der Waals surface area contributed by atoms with E-state index in [1.807, 2.05) is 0 Å². The smallest absolute Gasteiger partial charge is 0.124 e. The zero-order valence-electron chi connectivity index (χ0n) is 38.6. The molecule has 0 saturated carbocycles. The van der Waals surface area contributed by atoms with E-state index in [2.05, 4.69) is 236 Å². The van der Waals surface area contributed by atoms with Crippen LogP contribution in [0.5, 0.6) is 0 Å². The van der Waals surface area contributed by atoms with Crippen LogP contribution in [-0.4, -0.2) is 9.55 Å². The highest BCUT2D eigenvalue weighted by atomic mass is 32.1. The molecule has 0 saturated heterocycles. The second-order valence-electron chi connectivity index (χ2n) is 19.3. The molecule has 2 aromatic heterocycles. The molecular formula is C65H47N3S. The number of hydrogen-bond donors (Lipinski definition) is 0. The van der Waals surface area contributed by atoms with Crippen LogP contribution in [0.25, 0.3) is 104 Å². The monoisotopic (exact) mass is 901 g/mol. The SMILES string of the molecule is CC1(C)c2ccccc2N(C2=CCCC=C2)c2ccc(-c3ccc4c(c3)c3ccc5nc(-c6ccccc6)sc5c3n4-c3ccc(-c4ccc5c(c4)c4c(c6ccccc65)C=CCC=C4)cc3)cc21. The lowest BCUT2D eigenvalue weighted by molar-refractivity contribution is 0.630. The van der Waals surface area contributed by atoms with Crippen molar-refractivity contribution in [3.63, 3.8) is 0 Å². The van der Waals surface area contributed by atoms with Gasteiger partial charge in [-0.05, 0) is 152 Å². The molecule has 0 amide bonds. The van der Waals surface area contributed by atoms with Crippen molar-refractivity contribution in [1.82, 2.24) is 9.55 Å². The van der Waals surface area contributed by atoms with E-state index in [0.29, 0.717) is 0 Å². The summed E-state index contributed by atoms with van der Waals surface area (Å²) in [5.41, 5.74) is 19.4. The van der Waals surface area contributed by atoms with E-state index in [1.54, 1.807) is 11.3 Å². The molecule has 1 aliphatic heterocycles. The van der Waals surface area contributed by atoms with Gasteiger partial charge < -0.3 is 9.47 Å². The maximum absolute atomic E-state index is 5.23. The molecule has 328 valence electrons. The van der Waals surface area contributed by atoms with Gasteiger partial charge in [0, 0.05) is 33.1 Å². The molecule has 0 spiro atoms. The predicted octanol–water partition coefficient (Wildman–Crippen LogP) is 18.1. The third-order valence-electron chi connectivity index (χ3n) is 15.0. The molecular weight excluding hydrogens is 855 g/mol. The summed E-state index contributed by atoms with van der Waals surface area (Å²) in [5, 5.41) is 8.67. The van der Waals surface area contributed by atoms with E-state index < -0.39 is 0 Å². The molecule has 69 heavy (non-hydrogen) atoms. The molecule has 0 unspecified atom stereocenters. The van der Waals surface area contributed by atoms with E-state index in [4.69, 9.17) is 4.98 Å². The number of para-hydroxylation sites is 1. The van der Waals surface area contributed by atoms with E-state index >= 15 is 0 Å². The minimum atomic E-state index is -0.188. The fourth-order valence-electron chi connectivity index (χ4n) is 11.6. The average Bonchev–Trinajstić information content (AvgIpc) is 3.89. The molecule has 9 aromatic carbocycles. The van der Waals surface area contributed by atoms with Gasteiger partial charge in [0.05, 0.1) is 32.6 Å². The Morgan fingerprint density at radius 3 is 2.00 bits per heavy atom. The number of nitrogens with zero attached hydrogens (tertiary/aromatic N) is 3. The first-order valence-corrected chi connectivity index (χ1v) is 25.1. The molecule has 4 heteroatoms. The largest absolute Gasteiger partial charge is 0.310 e. The summed E-state index contributed by atoms with van der Waals surface area (Å²) in [7, 11) is 0. The van der Waals surface area contributed by atoms with Crippen molar-refractivity contribution in [3.8, 4) is 38.5 Å². The van der Waals surface area contributed by atoms with Gasteiger partial charge in [-0.2, -0.15) is 0 Å². The van der Waals surface area contributed by atoms with Crippen LogP contribution >= 0.6 is 11.3 Å². The van der Waals surface area contributed by atoms with Gasteiger partial charge in [0.2, 0.25) is 0 Å². The number of allylic oxidation sites excluding steroid dienone is 5. The van der Waals surface area contributed by atoms with Crippen LogP contribution in [0.1, 0.15) is 55.4 Å². The predicted molar refractivity (Wildman–Crippen MR) is 295 cm³/mol. The van der Waals surface area contributed by atoms with Gasteiger partial charge in [-0.1, -0.05) is 159 Å². The highest BCUT2D eigenvalue weighted by Crippen LogP contribution is 2.52. The fraction of sp³-hybridized carbons (Fsp3) is 0.0923. The van der Waals surface area contributed by atoms with Crippen LogP contribution in [0.3, 0.4) is 0 Å². The highest BCUT2D eigenvalue weighted by molar-refractivity contribution is 7.22. The highest BCUT2D eigenvalue weighted by Gasteiger charge is 2.37. The van der Waals surface area contributed by atoms with Gasteiger partial charge in [0.15, 0.2) is 0 Å². The molecule has 3 heterocycles. The summed E-state index contributed by atoms with van der Waals surface area (Å²) in [6.07, 6.45) is 19.3. The number of anilines is 2. The van der Waals surface area contributed by atoms with Crippen molar-refractivity contribution in [2.75, 3.05) is 4.90 Å². The van der Waals surface area contributed by atoms with Gasteiger partial charge in [0.25, 0.3) is 0 Å².